The van der Waals surface area contributed by atoms with Gasteiger partial charge < -0.3 is 10.1 Å². The Morgan fingerprint density at radius 2 is 1.57 bits per heavy atom. The molecular weight excluding hydrogens is 286 g/mol. The average molecular weight is 330 g/mol. The fourth-order valence-electron chi connectivity index (χ4n) is 2.25. The van der Waals surface area contributed by atoms with E-state index in [9.17, 15) is 4.79 Å². The van der Waals surface area contributed by atoms with Crippen molar-refractivity contribution >= 4 is 5.91 Å². The third-order valence-corrected chi connectivity index (χ3v) is 3.63. The van der Waals surface area contributed by atoms with Gasteiger partial charge in [0.1, 0.15) is 0 Å². The summed E-state index contributed by atoms with van der Waals surface area (Å²) in [5, 5.41) is 3.03. The zero-order chi connectivity index (χ0) is 18.5. The van der Waals surface area contributed by atoms with Gasteiger partial charge in [-0.3, -0.25) is 4.79 Å². The van der Waals surface area contributed by atoms with E-state index in [1.165, 1.54) is 12.8 Å². The topological polar surface area (TPSA) is 38.3 Å². The first-order valence-electron chi connectivity index (χ1n) is 9.42. The standard InChI is InChI=1S/C18H37NO2.C2H6/c1-8-11-17(4,5)13-21-14-18(6,7)12-19-16(20)10-9-15(2)3;1-2/h15H,8-14H2,1-7H3,(H,19,20);1-2H3. The van der Waals surface area contributed by atoms with Crippen LogP contribution in [-0.2, 0) is 9.53 Å². The summed E-state index contributed by atoms with van der Waals surface area (Å²) >= 11 is 0. The first-order valence-corrected chi connectivity index (χ1v) is 9.42. The van der Waals surface area contributed by atoms with Gasteiger partial charge in [-0.1, -0.05) is 68.7 Å². The Hall–Kier alpha value is -0.570. The molecule has 3 nitrogen and oxygen atoms in total. The minimum Gasteiger partial charge on any atom is -0.380 e. The van der Waals surface area contributed by atoms with E-state index in [1.807, 2.05) is 13.8 Å². The summed E-state index contributed by atoms with van der Waals surface area (Å²) in [6.45, 7) is 21.4. The molecule has 0 aliphatic heterocycles. The second-order valence-electron chi connectivity index (χ2n) is 8.28. The number of amides is 1. The third kappa shape index (κ3) is 16.1. The van der Waals surface area contributed by atoms with Crippen LogP contribution >= 0.6 is 0 Å². The minimum atomic E-state index is -0.0181. The van der Waals surface area contributed by atoms with E-state index >= 15 is 0 Å². The lowest BCUT2D eigenvalue weighted by atomic mass is 9.89. The summed E-state index contributed by atoms with van der Waals surface area (Å²) in [5.74, 6) is 0.732. The third-order valence-electron chi connectivity index (χ3n) is 3.63. The van der Waals surface area contributed by atoms with Gasteiger partial charge in [-0.15, -0.1) is 0 Å². The van der Waals surface area contributed by atoms with Crippen molar-refractivity contribution in [3.05, 3.63) is 0 Å². The molecule has 1 amide bonds. The van der Waals surface area contributed by atoms with Crippen LogP contribution in [0.1, 0.15) is 88.0 Å². The van der Waals surface area contributed by atoms with Crippen LogP contribution in [0.3, 0.4) is 0 Å². The first kappa shape index (κ1) is 24.7. The highest BCUT2D eigenvalue weighted by Crippen LogP contribution is 2.24. The molecule has 0 aliphatic carbocycles. The molecule has 0 saturated carbocycles. The van der Waals surface area contributed by atoms with E-state index in [2.05, 4.69) is 53.8 Å². The van der Waals surface area contributed by atoms with Gasteiger partial charge >= 0.3 is 0 Å². The molecule has 0 rings (SSSR count). The molecule has 0 radical (unpaired) electrons. The molecule has 0 spiro atoms. The molecule has 0 aromatic carbocycles. The second kappa shape index (κ2) is 12.8. The van der Waals surface area contributed by atoms with E-state index < -0.39 is 0 Å². The molecule has 0 unspecified atom stereocenters. The van der Waals surface area contributed by atoms with E-state index in [-0.39, 0.29) is 16.7 Å². The lowest BCUT2D eigenvalue weighted by molar-refractivity contribution is -0.122. The van der Waals surface area contributed by atoms with Crippen molar-refractivity contribution in [1.82, 2.24) is 5.32 Å². The summed E-state index contributed by atoms with van der Waals surface area (Å²) in [5.41, 5.74) is 0.223. The molecule has 3 heteroatoms. The Labute approximate surface area is 146 Å². The van der Waals surface area contributed by atoms with Gasteiger partial charge in [0, 0.05) is 18.4 Å². The molecule has 0 atom stereocenters. The lowest BCUT2D eigenvalue weighted by Crippen LogP contribution is -2.37. The van der Waals surface area contributed by atoms with Crippen LogP contribution in [0.25, 0.3) is 0 Å². The number of hydrogen-bond donors (Lipinski definition) is 1. The monoisotopic (exact) mass is 329 g/mol. The Morgan fingerprint density at radius 1 is 1.04 bits per heavy atom. The molecule has 0 fully saturated rings. The van der Waals surface area contributed by atoms with Gasteiger partial charge in [-0.25, -0.2) is 0 Å². The van der Waals surface area contributed by atoms with Crippen molar-refractivity contribution in [3.8, 4) is 0 Å². The van der Waals surface area contributed by atoms with Gasteiger partial charge in [0.05, 0.1) is 13.2 Å². The van der Waals surface area contributed by atoms with E-state index in [0.29, 0.717) is 25.5 Å². The molecule has 0 aromatic heterocycles. The van der Waals surface area contributed by atoms with Crippen LogP contribution in [0.5, 0.6) is 0 Å². The number of carbonyl (C=O) groups excluding carboxylic acids is 1. The Bertz CT molecular complexity index is 296. The molecule has 0 heterocycles. The van der Waals surface area contributed by atoms with Crippen molar-refractivity contribution in [3.63, 3.8) is 0 Å². The van der Waals surface area contributed by atoms with Crippen LogP contribution in [-0.4, -0.2) is 25.7 Å². The zero-order valence-electron chi connectivity index (χ0n) is 17.3. The van der Waals surface area contributed by atoms with Crippen molar-refractivity contribution in [2.24, 2.45) is 16.7 Å². The van der Waals surface area contributed by atoms with Crippen LogP contribution in [0.4, 0.5) is 0 Å². The smallest absolute Gasteiger partial charge is 0.220 e. The molecule has 0 saturated heterocycles. The number of carbonyl (C=O) groups is 1. The fraction of sp³-hybridized carbons (Fsp3) is 0.950. The first-order chi connectivity index (χ1) is 10.6. The highest BCUT2D eigenvalue weighted by molar-refractivity contribution is 5.75. The maximum atomic E-state index is 11.8. The molecular formula is C20H43NO2. The summed E-state index contributed by atoms with van der Waals surface area (Å²) in [6, 6.07) is 0. The van der Waals surface area contributed by atoms with Crippen LogP contribution in [0.15, 0.2) is 0 Å². The van der Waals surface area contributed by atoms with Gasteiger partial charge in [-0.2, -0.15) is 0 Å². The average Bonchev–Trinajstić information content (AvgIpc) is 2.44. The maximum Gasteiger partial charge on any atom is 0.220 e. The van der Waals surface area contributed by atoms with Gasteiger partial charge in [0.25, 0.3) is 0 Å². The molecule has 140 valence electrons. The number of rotatable bonds is 11. The zero-order valence-corrected chi connectivity index (χ0v) is 17.3. The van der Waals surface area contributed by atoms with Crippen LogP contribution in [0.2, 0.25) is 0 Å². The van der Waals surface area contributed by atoms with Crippen molar-refractivity contribution in [2.45, 2.75) is 88.0 Å². The quantitative estimate of drug-likeness (QED) is 0.548. The Morgan fingerprint density at radius 3 is 2.04 bits per heavy atom. The van der Waals surface area contributed by atoms with Crippen molar-refractivity contribution in [1.29, 1.82) is 0 Å². The van der Waals surface area contributed by atoms with Gasteiger partial charge in [0.15, 0.2) is 0 Å². The number of hydrogen-bond acceptors (Lipinski definition) is 2. The lowest BCUT2D eigenvalue weighted by Gasteiger charge is -2.29. The minimum absolute atomic E-state index is 0.0181. The van der Waals surface area contributed by atoms with Crippen LogP contribution < -0.4 is 5.32 Å². The second-order valence-corrected chi connectivity index (χ2v) is 8.28. The Kier molecular flexibility index (Phi) is 13.7. The molecule has 1 N–H and O–H groups in total. The highest BCUT2D eigenvalue weighted by atomic mass is 16.5. The molecule has 0 aromatic rings. The van der Waals surface area contributed by atoms with E-state index in [1.54, 1.807) is 0 Å². The summed E-state index contributed by atoms with van der Waals surface area (Å²) in [7, 11) is 0. The molecule has 23 heavy (non-hydrogen) atoms. The molecule has 0 aliphatic rings. The highest BCUT2D eigenvalue weighted by Gasteiger charge is 2.22. The largest absolute Gasteiger partial charge is 0.380 e. The fourth-order valence-corrected chi connectivity index (χ4v) is 2.25. The van der Waals surface area contributed by atoms with E-state index in [0.717, 1.165) is 13.0 Å². The van der Waals surface area contributed by atoms with Gasteiger partial charge in [-0.05, 0) is 24.2 Å². The summed E-state index contributed by atoms with van der Waals surface area (Å²) < 4.78 is 5.89. The normalized spacial score (nSPS) is 11.9. The van der Waals surface area contributed by atoms with Gasteiger partial charge in [0.2, 0.25) is 5.91 Å². The SMILES string of the molecule is CC.CCCC(C)(C)COCC(C)(C)CNC(=O)CCC(C)C. The predicted octanol–water partition coefficient (Wildman–Crippen LogP) is 5.43. The number of ether oxygens (including phenoxy) is 1. The van der Waals surface area contributed by atoms with Crippen LogP contribution in [0, 0.1) is 16.7 Å². The number of nitrogens with one attached hydrogen (secondary N) is 1. The van der Waals surface area contributed by atoms with Crippen molar-refractivity contribution < 1.29 is 9.53 Å². The predicted molar refractivity (Wildman–Crippen MR) is 102 cm³/mol. The molecule has 0 bridgehead atoms. The Balaban J connectivity index is 0. The summed E-state index contributed by atoms with van der Waals surface area (Å²) in [6.07, 6.45) is 3.94. The van der Waals surface area contributed by atoms with Crippen molar-refractivity contribution in [2.75, 3.05) is 19.8 Å². The maximum absolute atomic E-state index is 11.8. The summed E-state index contributed by atoms with van der Waals surface area (Å²) in [4.78, 5) is 11.8. The van der Waals surface area contributed by atoms with E-state index in [4.69, 9.17) is 4.74 Å².